The highest BCUT2D eigenvalue weighted by atomic mass is 127. The summed E-state index contributed by atoms with van der Waals surface area (Å²) in [5.41, 5.74) is 1.19. The van der Waals surface area contributed by atoms with E-state index in [9.17, 15) is 9.90 Å². The van der Waals surface area contributed by atoms with Crippen LogP contribution in [-0.2, 0) is 4.79 Å². The van der Waals surface area contributed by atoms with E-state index in [2.05, 4.69) is 58.8 Å². The maximum absolute atomic E-state index is 11.7. The summed E-state index contributed by atoms with van der Waals surface area (Å²) in [4.78, 5) is 14.0. The van der Waals surface area contributed by atoms with E-state index in [0.29, 0.717) is 6.04 Å². The second-order valence-corrected chi connectivity index (χ2v) is 6.97. The van der Waals surface area contributed by atoms with Gasteiger partial charge >= 0.3 is 5.97 Å². The van der Waals surface area contributed by atoms with Crippen molar-refractivity contribution < 1.29 is 9.90 Å². The highest BCUT2D eigenvalue weighted by Gasteiger charge is 2.49. The summed E-state index contributed by atoms with van der Waals surface area (Å²) >= 11 is 2.29. The van der Waals surface area contributed by atoms with E-state index in [1.165, 1.54) is 9.13 Å². The number of piperidine rings is 1. The van der Waals surface area contributed by atoms with Crippen LogP contribution in [0.5, 0.6) is 0 Å². The first kappa shape index (κ1) is 13.4. The Labute approximate surface area is 127 Å². The van der Waals surface area contributed by atoms with Crippen molar-refractivity contribution in [2.45, 2.75) is 37.3 Å². The molecule has 0 spiro atoms. The molecule has 102 valence electrons. The largest absolute Gasteiger partial charge is 0.481 e. The van der Waals surface area contributed by atoms with E-state index in [1.807, 2.05) is 0 Å². The average Bonchev–Trinajstić information content (AvgIpc) is 2.63. The molecule has 2 bridgehead atoms. The third kappa shape index (κ3) is 2.29. The van der Waals surface area contributed by atoms with Crippen LogP contribution in [0.3, 0.4) is 0 Å². The number of rotatable bonds is 2. The molecule has 3 nitrogen and oxygen atoms in total. The SMILES string of the molecule is CN1C2CCC1[C@@H](C(=O)O)[C@@H](c1ccc(I)cc1)C2. The predicted octanol–water partition coefficient (Wildman–Crippen LogP) is 2.94. The zero-order valence-electron chi connectivity index (χ0n) is 10.9. The lowest BCUT2D eigenvalue weighted by atomic mass is 9.76. The van der Waals surface area contributed by atoms with E-state index < -0.39 is 5.97 Å². The molecule has 2 saturated heterocycles. The van der Waals surface area contributed by atoms with Crippen LogP contribution in [-0.4, -0.2) is 35.1 Å². The standard InChI is InChI=1S/C15H18INO2/c1-17-11-6-7-13(17)14(15(18)19)12(8-11)9-2-4-10(16)5-3-9/h2-5,11-14H,6-8H2,1H3,(H,18,19)/t11?,12-,13?,14+/m1/s1. The lowest BCUT2D eigenvalue weighted by Crippen LogP contribution is -2.48. The molecule has 0 amide bonds. The summed E-state index contributed by atoms with van der Waals surface area (Å²) in [7, 11) is 2.09. The van der Waals surface area contributed by atoms with Gasteiger partial charge in [0, 0.05) is 21.6 Å². The highest BCUT2D eigenvalue weighted by molar-refractivity contribution is 14.1. The molecular formula is C15H18INO2. The van der Waals surface area contributed by atoms with Crippen molar-refractivity contribution in [3.05, 3.63) is 33.4 Å². The quantitative estimate of drug-likeness (QED) is 0.813. The van der Waals surface area contributed by atoms with Gasteiger partial charge < -0.3 is 5.11 Å². The molecule has 0 saturated carbocycles. The summed E-state index contributed by atoms with van der Waals surface area (Å²) in [6.07, 6.45) is 3.15. The minimum Gasteiger partial charge on any atom is -0.481 e. The lowest BCUT2D eigenvalue weighted by molar-refractivity contribution is -0.146. The number of nitrogens with zero attached hydrogens (tertiary/aromatic N) is 1. The van der Waals surface area contributed by atoms with E-state index in [0.717, 1.165) is 19.3 Å². The van der Waals surface area contributed by atoms with Crippen LogP contribution < -0.4 is 0 Å². The normalized spacial score (nSPS) is 34.4. The Bertz CT molecular complexity index is 487. The first-order valence-electron chi connectivity index (χ1n) is 6.78. The summed E-state index contributed by atoms with van der Waals surface area (Å²) < 4.78 is 1.20. The van der Waals surface area contributed by atoms with Gasteiger partial charge in [-0.2, -0.15) is 0 Å². The summed E-state index contributed by atoms with van der Waals surface area (Å²) in [6.45, 7) is 0. The van der Waals surface area contributed by atoms with Crippen molar-refractivity contribution in [1.82, 2.24) is 4.90 Å². The fourth-order valence-electron chi connectivity index (χ4n) is 3.86. The zero-order valence-corrected chi connectivity index (χ0v) is 13.1. The lowest BCUT2D eigenvalue weighted by Gasteiger charge is -2.41. The Morgan fingerprint density at radius 3 is 2.63 bits per heavy atom. The summed E-state index contributed by atoms with van der Waals surface area (Å²) in [5.74, 6) is -0.729. The molecule has 2 fully saturated rings. The molecule has 4 heteroatoms. The number of carboxylic acid groups (broad SMARTS) is 1. The number of hydrogen-bond acceptors (Lipinski definition) is 2. The number of halogens is 1. The minimum absolute atomic E-state index is 0.170. The van der Waals surface area contributed by atoms with Crippen LogP contribution in [0.4, 0.5) is 0 Å². The van der Waals surface area contributed by atoms with E-state index in [-0.39, 0.29) is 17.9 Å². The maximum Gasteiger partial charge on any atom is 0.308 e. The van der Waals surface area contributed by atoms with Gasteiger partial charge in [0.1, 0.15) is 0 Å². The second kappa shape index (κ2) is 5.05. The van der Waals surface area contributed by atoms with Crippen LogP contribution in [0.25, 0.3) is 0 Å². The van der Waals surface area contributed by atoms with Gasteiger partial charge in [0.05, 0.1) is 5.92 Å². The van der Waals surface area contributed by atoms with Crippen molar-refractivity contribution in [3.8, 4) is 0 Å². The van der Waals surface area contributed by atoms with E-state index >= 15 is 0 Å². The molecule has 1 aromatic carbocycles. The molecule has 2 aliphatic rings. The molecule has 0 radical (unpaired) electrons. The molecule has 0 aromatic heterocycles. The number of aliphatic carboxylic acids is 1. The van der Waals surface area contributed by atoms with Crippen molar-refractivity contribution >= 4 is 28.6 Å². The van der Waals surface area contributed by atoms with Crippen molar-refractivity contribution in [3.63, 3.8) is 0 Å². The molecule has 0 aliphatic carbocycles. The molecule has 1 N–H and O–H groups in total. The molecular weight excluding hydrogens is 353 g/mol. The molecule has 3 rings (SSSR count). The topological polar surface area (TPSA) is 40.5 Å². The van der Waals surface area contributed by atoms with Crippen LogP contribution >= 0.6 is 22.6 Å². The van der Waals surface area contributed by atoms with Gasteiger partial charge in [-0.3, -0.25) is 9.69 Å². The number of carbonyl (C=O) groups is 1. The van der Waals surface area contributed by atoms with Crippen molar-refractivity contribution in [2.75, 3.05) is 7.05 Å². The minimum atomic E-state index is -0.638. The van der Waals surface area contributed by atoms with Gasteiger partial charge in [-0.15, -0.1) is 0 Å². The third-order valence-electron chi connectivity index (χ3n) is 4.85. The Morgan fingerprint density at radius 2 is 2.00 bits per heavy atom. The number of benzene rings is 1. The Kier molecular flexibility index (Phi) is 3.55. The van der Waals surface area contributed by atoms with Gasteiger partial charge in [-0.05, 0) is 66.6 Å². The van der Waals surface area contributed by atoms with Crippen LogP contribution in [0.2, 0.25) is 0 Å². The number of carboxylic acids is 1. The first-order valence-corrected chi connectivity index (χ1v) is 7.86. The molecule has 2 aliphatic heterocycles. The molecule has 4 atom stereocenters. The average molecular weight is 371 g/mol. The van der Waals surface area contributed by atoms with Gasteiger partial charge in [0.15, 0.2) is 0 Å². The fourth-order valence-corrected chi connectivity index (χ4v) is 4.22. The Hall–Kier alpha value is -0.620. The Morgan fingerprint density at radius 1 is 1.32 bits per heavy atom. The van der Waals surface area contributed by atoms with Gasteiger partial charge in [0.2, 0.25) is 0 Å². The number of fused-ring (bicyclic) bond motifs is 2. The Balaban J connectivity index is 1.95. The fraction of sp³-hybridized carbons (Fsp3) is 0.533. The van der Waals surface area contributed by atoms with Crippen LogP contribution in [0, 0.1) is 9.49 Å². The van der Waals surface area contributed by atoms with Gasteiger partial charge in [-0.1, -0.05) is 12.1 Å². The molecule has 2 heterocycles. The van der Waals surface area contributed by atoms with Gasteiger partial charge in [-0.25, -0.2) is 0 Å². The molecule has 2 unspecified atom stereocenters. The zero-order chi connectivity index (χ0) is 13.6. The first-order chi connectivity index (χ1) is 9.08. The van der Waals surface area contributed by atoms with Crippen molar-refractivity contribution in [2.24, 2.45) is 5.92 Å². The van der Waals surface area contributed by atoms with Crippen molar-refractivity contribution in [1.29, 1.82) is 0 Å². The molecule has 1 aromatic rings. The van der Waals surface area contributed by atoms with Crippen LogP contribution in [0.15, 0.2) is 24.3 Å². The van der Waals surface area contributed by atoms with Crippen LogP contribution in [0.1, 0.15) is 30.7 Å². The van der Waals surface area contributed by atoms with E-state index in [1.54, 1.807) is 0 Å². The summed E-state index contributed by atoms with van der Waals surface area (Å²) in [5, 5.41) is 9.63. The smallest absolute Gasteiger partial charge is 0.308 e. The second-order valence-electron chi connectivity index (χ2n) is 5.72. The summed E-state index contributed by atoms with van der Waals surface area (Å²) in [6, 6.07) is 9.13. The molecule has 19 heavy (non-hydrogen) atoms. The van der Waals surface area contributed by atoms with Gasteiger partial charge in [0.25, 0.3) is 0 Å². The van der Waals surface area contributed by atoms with E-state index in [4.69, 9.17) is 0 Å². The highest BCUT2D eigenvalue weighted by Crippen LogP contribution is 2.46. The monoisotopic (exact) mass is 371 g/mol. The maximum atomic E-state index is 11.7. The third-order valence-corrected chi connectivity index (χ3v) is 5.57. The number of hydrogen-bond donors (Lipinski definition) is 1. The predicted molar refractivity (Wildman–Crippen MR) is 82.2 cm³/mol.